The van der Waals surface area contributed by atoms with Crippen LogP contribution in [-0.4, -0.2) is 100 Å². The Morgan fingerprint density at radius 3 is 1.40 bits per heavy atom. The van der Waals surface area contributed by atoms with E-state index < -0.39 is 15.9 Å². The van der Waals surface area contributed by atoms with Crippen molar-refractivity contribution in [1.82, 2.24) is 25.3 Å². The molecule has 0 atom stereocenters. The van der Waals surface area contributed by atoms with E-state index in [0.717, 1.165) is 106 Å². The molecule has 16 nitrogen and oxygen atoms in total. The van der Waals surface area contributed by atoms with Gasteiger partial charge in [0.25, 0.3) is 5.91 Å². The van der Waals surface area contributed by atoms with Crippen LogP contribution >= 0.6 is 0 Å². The van der Waals surface area contributed by atoms with Gasteiger partial charge in [0, 0.05) is 85.3 Å². The monoisotopic (exact) mass is 1150 g/mol. The number of para-hydroxylation sites is 1. The number of amides is 1. The van der Waals surface area contributed by atoms with Gasteiger partial charge in [0.1, 0.15) is 35.3 Å². The first-order valence-electron chi connectivity index (χ1n) is 27.5. The summed E-state index contributed by atoms with van der Waals surface area (Å²) in [4.78, 5) is 30.1. The van der Waals surface area contributed by atoms with Crippen LogP contribution < -0.4 is 11.1 Å². The minimum atomic E-state index is -4.30. The molecule has 11 N–H and O–H groups in total. The van der Waals surface area contributed by atoms with Crippen molar-refractivity contribution in [3.63, 3.8) is 0 Å². The summed E-state index contributed by atoms with van der Waals surface area (Å²) in [5.41, 5.74) is 20.1. The number of benzene rings is 6. The van der Waals surface area contributed by atoms with Gasteiger partial charge in [-0.05, 0) is 157 Å². The average molecular weight is 1150 g/mol. The van der Waals surface area contributed by atoms with E-state index in [1.807, 2.05) is 132 Å². The van der Waals surface area contributed by atoms with Crippen molar-refractivity contribution in [2.45, 2.75) is 25.7 Å². The van der Waals surface area contributed by atoms with Gasteiger partial charge in [-0.25, -0.2) is 18.4 Å². The molecule has 0 fully saturated rings. The van der Waals surface area contributed by atoms with Crippen molar-refractivity contribution in [2.24, 2.45) is 0 Å². The van der Waals surface area contributed by atoms with Crippen molar-refractivity contribution in [2.75, 3.05) is 25.4 Å². The van der Waals surface area contributed by atoms with Crippen molar-refractivity contribution < 1.29 is 53.6 Å². The Morgan fingerprint density at radius 1 is 0.588 bits per heavy atom. The fourth-order valence-corrected chi connectivity index (χ4v) is 11.5. The Morgan fingerprint density at radius 2 is 1.00 bits per heavy atom. The molecule has 0 unspecified atom stereocenters. The highest BCUT2D eigenvalue weighted by Gasteiger charge is 2.44. The van der Waals surface area contributed by atoms with E-state index in [1.54, 1.807) is 66.7 Å². The number of phenols is 5. The first-order valence-corrected chi connectivity index (χ1v) is 29.1. The number of nitrogens with zero attached hydrogens (tertiary/aromatic N) is 3. The van der Waals surface area contributed by atoms with Crippen molar-refractivity contribution in [3.05, 3.63) is 209 Å². The Labute approximate surface area is 490 Å². The highest BCUT2D eigenvalue weighted by Crippen LogP contribution is 2.42. The fraction of sp³-hybridized carbons (Fsp3) is 0.118. The zero-order valence-corrected chi connectivity index (χ0v) is 47.2. The molecule has 12 rings (SSSR count). The number of H-pyrrole nitrogens is 2. The summed E-state index contributed by atoms with van der Waals surface area (Å²) in [6, 6.07) is 48.9. The number of fused-ring (bicyclic) bond motifs is 9. The number of hydrogen-bond acceptors (Lipinski definition) is 11. The number of quaternary nitrogens is 1. The lowest BCUT2D eigenvalue weighted by Gasteiger charge is -2.15. The molecule has 3 aromatic heterocycles. The molecular weight excluding hydrogens is 1090 g/mol. The second-order valence-electron chi connectivity index (χ2n) is 21.2. The van der Waals surface area contributed by atoms with Gasteiger partial charge in [0.2, 0.25) is 5.69 Å². The number of allylic oxidation sites excluding steroid dienone is 1. The van der Waals surface area contributed by atoms with Crippen molar-refractivity contribution in [1.29, 1.82) is 0 Å². The van der Waals surface area contributed by atoms with Crippen LogP contribution in [0, 0.1) is 0 Å². The average Bonchev–Trinajstić information content (AvgIpc) is 3.09. The summed E-state index contributed by atoms with van der Waals surface area (Å²) in [6.45, 7) is 5.54. The predicted octanol–water partition coefficient (Wildman–Crippen LogP) is 11.5. The predicted molar refractivity (Wildman–Crippen MR) is 333 cm³/mol. The van der Waals surface area contributed by atoms with Gasteiger partial charge in [-0.15, -0.1) is 0 Å². The summed E-state index contributed by atoms with van der Waals surface area (Å²) in [6.07, 6.45) is 11.8. The summed E-state index contributed by atoms with van der Waals surface area (Å²) < 4.78 is 35.3. The molecule has 0 saturated carbocycles. The fourth-order valence-electron chi connectivity index (χ4n) is 11.0. The van der Waals surface area contributed by atoms with E-state index in [1.165, 1.54) is 6.07 Å². The smallest absolute Gasteiger partial charge is 0.251 e. The largest absolute Gasteiger partial charge is 0.748 e. The summed E-state index contributed by atoms with van der Waals surface area (Å²) in [5.74, 6) is 0.0142. The number of carbonyl (C=O) groups excluding carboxylic acids is 1. The van der Waals surface area contributed by atoms with E-state index in [-0.39, 0.29) is 46.5 Å². The highest BCUT2D eigenvalue weighted by molar-refractivity contribution is 7.85. The third-order valence-electron chi connectivity index (χ3n) is 15.1. The van der Waals surface area contributed by atoms with Crippen LogP contribution in [0.1, 0.15) is 64.5 Å². The zero-order valence-electron chi connectivity index (χ0n) is 46.4. The lowest BCUT2D eigenvalue weighted by atomic mass is 9.81. The second-order valence-corrected chi connectivity index (χ2v) is 22.7. The van der Waals surface area contributed by atoms with Crippen LogP contribution in [0.5, 0.6) is 28.7 Å². The molecular formula is C68H60N7O9S+. The van der Waals surface area contributed by atoms with Gasteiger partial charge in [-0.3, -0.25) is 4.79 Å². The standard InChI is InChI=1S/C44H30N4O4.C24H29N3O5S/c49-29-9-1-25(2-10-29)41-33-17-19-35(45-33)42(26-3-11-30(50)12-4-26)37-21-23-39(47-37)44(28-7-15-32(52)16-8-28)40-24-22-38(48-40)43(36-20-18-34(41)46-36)27-5-13-31(51)14-6-27;1-24(2)19-6-3-4-7-20(19)27(14-5-15-33(30,31)32)22(24)11-9-17-16-18(8-10-21(17)28)23(29)26-13-12-25/h1-24,45,48-52H;3-4,6-11,16H,5,12-15,25H2,1-2H3,(H2,26,29,30,31,32)/p+1. The third-order valence-corrected chi connectivity index (χ3v) is 15.9. The van der Waals surface area contributed by atoms with Crippen molar-refractivity contribution in [3.8, 4) is 73.3 Å². The SMILES string of the molecule is CC1(C)C(/C=C/c2cc(C(=O)NCC[NH3+])ccc2O)=[N+](CCCS(=O)(=O)[O-])c2ccccc21.Oc1ccc(-c2c3nc(c(-c4ccc(O)cc4)c4ccc([nH]4)c(-c4ccc(O)cc4)c4nc(c(-c5ccc(O)cc5)c5ccc2[nH]5)C=C4)C=C3)cc1. The van der Waals surface area contributed by atoms with Crippen LogP contribution in [-0.2, 0) is 15.5 Å². The maximum Gasteiger partial charge on any atom is 0.251 e. The van der Waals surface area contributed by atoms with Crippen LogP contribution in [0.2, 0.25) is 0 Å². The number of aromatic amines is 2. The highest BCUT2D eigenvalue weighted by atomic mass is 32.2. The molecule has 3 aliphatic heterocycles. The number of carbonyl (C=O) groups is 1. The molecule has 0 saturated heterocycles. The van der Waals surface area contributed by atoms with Crippen LogP contribution in [0.15, 0.2) is 170 Å². The number of phenolic OH excluding ortho intramolecular Hbond substituents is 5. The number of aromatic nitrogens is 4. The van der Waals surface area contributed by atoms with Gasteiger partial charge >= 0.3 is 0 Å². The van der Waals surface area contributed by atoms with Crippen molar-refractivity contribution >= 4 is 79.9 Å². The topological polar surface area (TPSA) is 275 Å². The summed E-state index contributed by atoms with van der Waals surface area (Å²) >= 11 is 0. The van der Waals surface area contributed by atoms with E-state index >= 15 is 0 Å². The summed E-state index contributed by atoms with van der Waals surface area (Å²) in [7, 11) is -4.30. The Kier molecular flexibility index (Phi) is 15.6. The number of aromatic hydroxyl groups is 5. The van der Waals surface area contributed by atoms with Gasteiger partial charge < -0.3 is 51.1 Å². The van der Waals surface area contributed by atoms with E-state index in [2.05, 4.69) is 34.9 Å². The van der Waals surface area contributed by atoms with Crippen LogP contribution in [0.3, 0.4) is 0 Å². The Balaban J connectivity index is 0.000000197. The number of nitrogens with one attached hydrogen (secondary N) is 3. The maximum atomic E-state index is 12.3. The Bertz CT molecular complexity index is 4110. The van der Waals surface area contributed by atoms with Crippen LogP contribution in [0.25, 0.3) is 97.0 Å². The second kappa shape index (κ2) is 23.5. The number of rotatable bonds is 13. The molecule has 9 aromatic rings. The first kappa shape index (κ1) is 56.5. The van der Waals surface area contributed by atoms with Gasteiger partial charge in [0.15, 0.2) is 5.71 Å². The normalized spacial score (nSPS) is 13.2. The molecule has 6 aromatic carbocycles. The molecule has 85 heavy (non-hydrogen) atoms. The molecule has 0 radical (unpaired) electrons. The molecule has 1 amide bonds. The lowest BCUT2D eigenvalue weighted by molar-refractivity contribution is -0.437. The number of hydrogen-bond donors (Lipinski definition) is 9. The molecule has 0 spiro atoms. The molecule has 8 bridgehead atoms. The van der Waals surface area contributed by atoms with Crippen LogP contribution in [0.4, 0.5) is 5.69 Å². The van der Waals surface area contributed by atoms with E-state index in [0.29, 0.717) is 30.8 Å². The van der Waals surface area contributed by atoms with E-state index in [4.69, 9.17) is 9.97 Å². The third kappa shape index (κ3) is 12.0. The maximum absolute atomic E-state index is 12.3. The summed E-state index contributed by atoms with van der Waals surface area (Å²) in [5, 5.41) is 53.8. The lowest BCUT2D eigenvalue weighted by Crippen LogP contribution is -2.54. The molecule has 17 heteroatoms. The quantitative estimate of drug-likeness (QED) is 0.0387. The van der Waals surface area contributed by atoms with Gasteiger partial charge in [-0.1, -0.05) is 66.7 Å². The Hall–Kier alpha value is -10.3. The minimum absolute atomic E-state index is 0.0397. The molecule has 0 aliphatic carbocycles. The zero-order chi connectivity index (χ0) is 59.6. The molecule has 3 aliphatic rings. The van der Waals surface area contributed by atoms with Gasteiger partial charge in [-0.2, -0.15) is 4.58 Å². The molecule has 6 heterocycles. The minimum Gasteiger partial charge on any atom is -0.748 e. The first-order chi connectivity index (χ1) is 40.9. The van der Waals surface area contributed by atoms with E-state index in [9.17, 15) is 43.3 Å². The molecule has 426 valence electrons. The van der Waals surface area contributed by atoms with Gasteiger partial charge in [0.05, 0.1) is 51.4 Å².